The third-order valence-corrected chi connectivity index (χ3v) is 5.63. The molecule has 1 aliphatic rings. The molecule has 0 radical (unpaired) electrons. The molecule has 9 heteroatoms. The maximum Gasteiger partial charge on any atom is 0.259 e. The molecule has 0 atom stereocenters. The first-order valence-corrected chi connectivity index (χ1v) is 10.1. The van der Waals surface area contributed by atoms with Gasteiger partial charge in [-0.15, -0.1) is 0 Å². The molecule has 0 saturated carbocycles. The molecule has 0 bridgehead atoms. The van der Waals surface area contributed by atoms with Crippen LogP contribution >= 0.6 is 0 Å². The molecule has 140 valence electrons. The topological polar surface area (TPSA) is 101 Å². The maximum atomic E-state index is 12.3. The van der Waals surface area contributed by atoms with Crippen molar-refractivity contribution < 1.29 is 8.42 Å². The minimum Gasteiger partial charge on any atom is -0.367 e. The molecule has 0 aliphatic carbocycles. The van der Waals surface area contributed by atoms with Crippen LogP contribution < -0.4 is 20.5 Å². The fourth-order valence-corrected chi connectivity index (χ4v) is 4.10. The van der Waals surface area contributed by atoms with Gasteiger partial charge < -0.3 is 9.80 Å². The second kappa shape index (κ2) is 6.67. The number of hydrogen-bond acceptors (Lipinski definition) is 6. The Morgan fingerprint density at radius 3 is 2.33 bits per heavy atom. The number of rotatable bonds is 3. The highest BCUT2D eigenvalue weighted by molar-refractivity contribution is 7.89. The number of para-hydroxylation sites is 1. The summed E-state index contributed by atoms with van der Waals surface area (Å²) < 4.78 is 25.2. The average Bonchev–Trinajstić information content (AvgIpc) is 2.67. The number of nitrogens with zero attached hydrogens (tertiary/aromatic N) is 4. The maximum absolute atomic E-state index is 12.3. The molecule has 8 nitrogen and oxygen atoms in total. The van der Waals surface area contributed by atoms with Crippen molar-refractivity contribution in [3.05, 3.63) is 65.1 Å². The molecule has 3 aromatic rings. The normalized spacial score (nSPS) is 15.3. The van der Waals surface area contributed by atoms with Gasteiger partial charge in [0.2, 0.25) is 10.0 Å². The molecule has 0 amide bonds. The van der Waals surface area contributed by atoms with E-state index in [2.05, 4.69) is 4.98 Å². The third-order valence-electron chi connectivity index (χ3n) is 4.67. The second-order valence-corrected chi connectivity index (χ2v) is 7.90. The number of pyridine rings is 1. The van der Waals surface area contributed by atoms with Crippen LogP contribution in [0.1, 0.15) is 0 Å². The first-order valence-electron chi connectivity index (χ1n) is 8.54. The molecule has 2 N–H and O–H groups in total. The zero-order valence-electron chi connectivity index (χ0n) is 14.5. The van der Waals surface area contributed by atoms with Crippen molar-refractivity contribution in [1.29, 1.82) is 0 Å². The van der Waals surface area contributed by atoms with E-state index in [1.54, 1.807) is 36.5 Å². The summed E-state index contributed by atoms with van der Waals surface area (Å²) in [6, 6.07) is 13.7. The largest absolute Gasteiger partial charge is 0.367 e. The summed E-state index contributed by atoms with van der Waals surface area (Å²) in [6.07, 6.45) is 1.69. The van der Waals surface area contributed by atoms with E-state index in [4.69, 9.17) is 5.14 Å². The SMILES string of the molecule is NS(=O)(=O)c1ccccc1N1CCN(c2cc(=O)n3ccccc3n2)CC1. The molecule has 1 aliphatic heterocycles. The molecule has 1 aromatic carbocycles. The number of nitrogens with two attached hydrogens (primary N) is 1. The highest BCUT2D eigenvalue weighted by Gasteiger charge is 2.23. The molecular weight excluding hydrogens is 366 g/mol. The summed E-state index contributed by atoms with van der Waals surface area (Å²) in [5.74, 6) is 0.630. The highest BCUT2D eigenvalue weighted by atomic mass is 32.2. The molecule has 4 rings (SSSR count). The number of piperazine rings is 1. The molecular formula is C18H19N5O3S. The molecule has 0 spiro atoms. The molecule has 1 fully saturated rings. The summed E-state index contributed by atoms with van der Waals surface area (Å²) in [5, 5.41) is 5.34. The van der Waals surface area contributed by atoms with Crippen LogP contribution in [0.3, 0.4) is 0 Å². The number of benzene rings is 1. The van der Waals surface area contributed by atoms with Gasteiger partial charge in [-0.1, -0.05) is 18.2 Å². The van der Waals surface area contributed by atoms with Gasteiger partial charge in [0.25, 0.3) is 5.56 Å². The van der Waals surface area contributed by atoms with Gasteiger partial charge in [0.1, 0.15) is 16.4 Å². The minimum atomic E-state index is -3.79. The zero-order chi connectivity index (χ0) is 19.0. The lowest BCUT2D eigenvalue weighted by atomic mass is 10.2. The number of anilines is 2. The van der Waals surface area contributed by atoms with E-state index < -0.39 is 10.0 Å². The number of primary sulfonamides is 1. The fourth-order valence-electron chi connectivity index (χ4n) is 3.34. The van der Waals surface area contributed by atoms with Crippen molar-refractivity contribution in [3.63, 3.8) is 0 Å². The quantitative estimate of drug-likeness (QED) is 0.711. The van der Waals surface area contributed by atoms with E-state index in [-0.39, 0.29) is 10.5 Å². The van der Waals surface area contributed by atoms with Gasteiger partial charge in [-0.05, 0) is 24.3 Å². The van der Waals surface area contributed by atoms with E-state index in [9.17, 15) is 13.2 Å². The Morgan fingerprint density at radius 2 is 1.59 bits per heavy atom. The van der Waals surface area contributed by atoms with E-state index >= 15 is 0 Å². The summed E-state index contributed by atoms with van der Waals surface area (Å²) >= 11 is 0. The number of sulfonamides is 1. The summed E-state index contributed by atoms with van der Waals surface area (Å²) in [5.41, 5.74) is 1.07. The standard InChI is InChI=1S/C18H19N5O3S/c19-27(25,26)15-6-2-1-5-14(15)21-9-11-22(12-10-21)17-13-18(24)23-8-4-3-7-16(23)20-17/h1-8,13H,9-12H2,(H2,19,25,26). The molecule has 27 heavy (non-hydrogen) atoms. The Balaban J connectivity index is 1.58. The predicted molar refractivity (Wildman–Crippen MR) is 104 cm³/mol. The van der Waals surface area contributed by atoms with Gasteiger partial charge in [0.05, 0.1) is 5.69 Å². The van der Waals surface area contributed by atoms with Crippen molar-refractivity contribution in [2.24, 2.45) is 5.14 Å². The predicted octanol–water partition coefficient (Wildman–Crippen LogP) is 0.668. The van der Waals surface area contributed by atoms with Crippen LogP contribution in [-0.4, -0.2) is 44.0 Å². The molecule has 3 heterocycles. The van der Waals surface area contributed by atoms with Crippen LogP contribution in [0.25, 0.3) is 5.65 Å². The van der Waals surface area contributed by atoms with Crippen LogP contribution in [0.15, 0.2) is 64.4 Å². The average molecular weight is 385 g/mol. The Morgan fingerprint density at radius 1 is 0.926 bits per heavy atom. The second-order valence-electron chi connectivity index (χ2n) is 6.37. The van der Waals surface area contributed by atoms with Crippen LogP contribution in [-0.2, 0) is 10.0 Å². The van der Waals surface area contributed by atoms with Crippen LogP contribution in [0.5, 0.6) is 0 Å². The molecule has 1 saturated heterocycles. The van der Waals surface area contributed by atoms with Crippen molar-refractivity contribution in [2.75, 3.05) is 36.0 Å². The molecule has 2 aromatic heterocycles. The van der Waals surface area contributed by atoms with Gasteiger partial charge in [-0.2, -0.15) is 0 Å². The van der Waals surface area contributed by atoms with Crippen molar-refractivity contribution in [1.82, 2.24) is 9.38 Å². The number of fused-ring (bicyclic) bond motifs is 1. The lowest BCUT2D eigenvalue weighted by molar-refractivity contribution is 0.595. The summed E-state index contributed by atoms with van der Waals surface area (Å²) in [4.78, 5) is 21.0. The highest BCUT2D eigenvalue weighted by Crippen LogP contribution is 2.25. The summed E-state index contributed by atoms with van der Waals surface area (Å²) in [7, 11) is -3.79. The lowest BCUT2D eigenvalue weighted by Crippen LogP contribution is -2.47. The van der Waals surface area contributed by atoms with E-state index in [0.29, 0.717) is 43.3 Å². The monoisotopic (exact) mass is 385 g/mol. The van der Waals surface area contributed by atoms with E-state index in [0.717, 1.165) is 0 Å². The van der Waals surface area contributed by atoms with Crippen LogP contribution in [0.2, 0.25) is 0 Å². The third kappa shape index (κ3) is 3.38. The van der Waals surface area contributed by atoms with Crippen LogP contribution in [0, 0.1) is 0 Å². The fraction of sp³-hybridized carbons (Fsp3) is 0.222. The number of hydrogen-bond donors (Lipinski definition) is 1. The smallest absolute Gasteiger partial charge is 0.259 e. The Kier molecular flexibility index (Phi) is 4.33. The van der Waals surface area contributed by atoms with Crippen molar-refractivity contribution in [3.8, 4) is 0 Å². The van der Waals surface area contributed by atoms with E-state index in [1.807, 2.05) is 15.9 Å². The molecule has 0 unspecified atom stereocenters. The van der Waals surface area contributed by atoms with Gasteiger partial charge >= 0.3 is 0 Å². The van der Waals surface area contributed by atoms with E-state index in [1.165, 1.54) is 16.5 Å². The summed E-state index contributed by atoms with van der Waals surface area (Å²) in [6.45, 7) is 2.44. The van der Waals surface area contributed by atoms with Crippen LogP contribution in [0.4, 0.5) is 11.5 Å². The number of aromatic nitrogens is 2. The lowest BCUT2D eigenvalue weighted by Gasteiger charge is -2.37. The van der Waals surface area contributed by atoms with Crippen molar-refractivity contribution in [2.45, 2.75) is 4.90 Å². The minimum absolute atomic E-state index is 0.125. The van der Waals surface area contributed by atoms with Gasteiger partial charge in [0, 0.05) is 38.4 Å². The van der Waals surface area contributed by atoms with Gasteiger partial charge in [-0.3, -0.25) is 9.20 Å². The van der Waals surface area contributed by atoms with Crippen molar-refractivity contribution >= 4 is 27.2 Å². The van der Waals surface area contributed by atoms with Gasteiger partial charge in [-0.25, -0.2) is 18.5 Å². The Bertz CT molecular complexity index is 1150. The van der Waals surface area contributed by atoms with Gasteiger partial charge in [0.15, 0.2) is 0 Å². The Hall–Kier alpha value is -2.91. The first-order chi connectivity index (χ1) is 12.9. The first kappa shape index (κ1) is 17.5. The zero-order valence-corrected chi connectivity index (χ0v) is 15.3. The Labute approximate surface area is 156 Å².